The number of aromatic carboxylic acids is 1. The summed E-state index contributed by atoms with van der Waals surface area (Å²) in [6.07, 6.45) is 1.27. The minimum atomic E-state index is -1.34. The van der Waals surface area contributed by atoms with Crippen molar-refractivity contribution in [3.05, 3.63) is 65.4 Å². The van der Waals surface area contributed by atoms with Crippen LogP contribution in [-0.2, 0) is 4.79 Å². The zero-order chi connectivity index (χ0) is 16.1. The molecular formula is C16H12O6. The van der Waals surface area contributed by atoms with Crippen LogP contribution in [0.4, 0.5) is 0 Å². The van der Waals surface area contributed by atoms with Crippen LogP contribution in [0.5, 0.6) is 11.5 Å². The van der Waals surface area contributed by atoms with Gasteiger partial charge in [0.2, 0.25) is 5.76 Å². The van der Waals surface area contributed by atoms with Crippen molar-refractivity contribution in [3.63, 3.8) is 0 Å². The van der Waals surface area contributed by atoms with Crippen molar-refractivity contribution in [3.8, 4) is 11.5 Å². The van der Waals surface area contributed by atoms with E-state index in [2.05, 4.69) is 0 Å². The Kier molecular flexibility index (Phi) is 4.43. The number of carbonyl (C=O) groups is 2. The maximum Gasteiger partial charge on any atom is 0.371 e. The molecule has 22 heavy (non-hydrogen) atoms. The minimum absolute atomic E-state index is 0.246. The number of phenols is 1. The Labute approximate surface area is 125 Å². The molecule has 0 fully saturated rings. The number of carboxylic acid groups (broad SMARTS) is 2. The first-order valence-electron chi connectivity index (χ1n) is 6.22. The molecule has 2 aromatic rings. The van der Waals surface area contributed by atoms with E-state index in [1.165, 1.54) is 24.3 Å². The summed E-state index contributed by atoms with van der Waals surface area (Å²) in [5, 5.41) is 27.9. The summed E-state index contributed by atoms with van der Waals surface area (Å²) in [7, 11) is 0. The monoisotopic (exact) mass is 300 g/mol. The van der Waals surface area contributed by atoms with Crippen molar-refractivity contribution in [2.24, 2.45) is 0 Å². The van der Waals surface area contributed by atoms with Crippen LogP contribution in [0.25, 0.3) is 6.08 Å². The number of hydrogen-bond acceptors (Lipinski definition) is 4. The highest BCUT2D eigenvalue weighted by molar-refractivity contribution is 5.93. The molecule has 0 spiro atoms. The summed E-state index contributed by atoms with van der Waals surface area (Å²) in [5.41, 5.74) is 0.218. The number of aliphatic carboxylic acids is 1. The first kappa shape index (κ1) is 15.1. The number of carboxylic acids is 2. The van der Waals surface area contributed by atoms with E-state index >= 15 is 0 Å². The van der Waals surface area contributed by atoms with Crippen molar-refractivity contribution in [1.82, 2.24) is 0 Å². The lowest BCUT2D eigenvalue weighted by Crippen LogP contribution is -2.08. The molecule has 112 valence electrons. The number of rotatable bonds is 5. The van der Waals surface area contributed by atoms with Gasteiger partial charge < -0.3 is 20.1 Å². The topological polar surface area (TPSA) is 104 Å². The normalized spacial score (nSPS) is 11.0. The van der Waals surface area contributed by atoms with E-state index < -0.39 is 23.4 Å². The smallest absolute Gasteiger partial charge is 0.371 e. The van der Waals surface area contributed by atoms with Crippen LogP contribution >= 0.6 is 0 Å². The predicted molar refractivity (Wildman–Crippen MR) is 77.7 cm³/mol. The van der Waals surface area contributed by atoms with Crippen molar-refractivity contribution in [2.75, 3.05) is 0 Å². The number of ether oxygens (including phenoxy) is 1. The lowest BCUT2D eigenvalue weighted by molar-refractivity contribution is -0.134. The van der Waals surface area contributed by atoms with Gasteiger partial charge in [0.1, 0.15) is 5.56 Å². The van der Waals surface area contributed by atoms with Gasteiger partial charge in [-0.25, -0.2) is 9.59 Å². The van der Waals surface area contributed by atoms with Gasteiger partial charge in [-0.15, -0.1) is 0 Å². The number of benzene rings is 2. The average Bonchev–Trinajstić information content (AvgIpc) is 2.49. The lowest BCUT2D eigenvalue weighted by atomic mass is 10.2. The van der Waals surface area contributed by atoms with Gasteiger partial charge in [0.15, 0.2) is 11.5 Å². The molecule has 0 heterocycles. The molecule has 0 aliphatic heterocycles. The van der Waals surface area contributed by atoms with E-state index in [1.807, 2.05) is 0 Å². The van der Waals surface area contributed by atoms with E-state index in [-0.39, 0.29) is 11.3 Å². The molecular weight excluding hydrogens is 288 g/mol. The summed E-state index contributed by atoms with van der Waals surface area (Å²) >= 11 is 0. The molecule has 6 nitrogen and oxygen atoms in total. The quantitative estimate of drug-likeness (QED) is 0.579. The Morgan fingerprint density at radius 3 is 2.23 bits per heavy atom. The van der Waals surface area contributed by atoms with Gasteiger partial charge in [0.05, 0.1) is 0 Å². The van der Waals surface area contributed by atoms with Crippen LogP contribution in [0, 0.1) is 0 Å². The fourth-order valence-electron chi connectivity index (χ4n) is 1.73. The Morgan fingerprint density at radius 1 is 0.955 bits per heavy atom. The van der Waals surface area contributed by atoms with Crippen molar-refractivity contribution >= 4 is 18.0 Å². The molecule has 0 atom stereocenters. The van der Waals surface area contributed by atoms with Crippen molar-refractivity contribution in [2.45, 2.75) is 0 Å². The zero-order valence-electron chi connectivity index (χ0n) is 11.3. The molecule has 0 radical (unpaired) electrons. The number of para-hydroxylation sites is 1. The Hall–Kier alpha value is -3.28. The van der Waals surface area contributed by atoms with E-state index in [1.54, 1.807) is 30.3 Å². The number of hydrogen-bond donors (Lipinski definition) is 3. The van der Waals surface area contributed by atoms with Crippen LogP contribution in [0.1, 0.15) is 15.9 Å². The molecule has 0 aliphatic carbocycles. The summed E-state index contributed by atoms with van der Waals surface area (Å²) in [6, 6.07) is 12.4. The van der Waals surface area contributed by atoms with Gasteiger partial charge in [-0.3, -0.25) is 0 Å². The van der Waals surface area contributed by atoms with Gasteiger partial charge in [-0.1, -0.05) is 36.4 Å². The molecule has 0 aliphatic rings. The molecule has 0 bridgehead atoms. The number of aromatic hydroxyl groups is 1. The molecule has 3 N–H and O–H groups in total. The second kappa shape index (κ2) is 6.45. The van der Waals surface area contributed by atoms with E-state index in [0.29, 0.717) is 5.56 Å². The van der Waals surface area contributed by atoms with Crippen LogP contribution < -0.4 is 4.74 Å². The first-order valence-corrected chi connectivity index (χ1v) is 6.22. The van der Waals surface area contributed by atoms with Crippen LogP contribution in [0.15, 0.2) is 54.3 Å². The van der Waals surface area contributed by atoms with Crippen molar-refractivity contribution < 1.29 is 29.6 Å². The third-order valence-electron chi connectivity index (χ3n) is 2.76. The van der Waals surface area contributed by atoms with E-state index in [4.69, 9.17) is 9.84 Å². The minimum Gasteiger partial charge on any atom is -0.504 e. The molecule has 0 saturated heterocycles. The molecule has 2 rings (SSSR count). The molecule has 6 heteroatoms. The van der Waals surface area contributed by atoms with Gasteiger partial charge in [-0.05, 0) is 23.8 Å². The van der Waals surface area contributed by atoms with Gasteiger partial charge >= 0.3 is 11.9 Å². The largest absolute Gasteiger partial charge is 0.504 e. The zero-order valence-corrected chi connectivity index (χ0v) is 11.3. The fraction of sp³-hybridized carbons (Fsp3) is 0. The maximum absolute atomic E-state index is 11.2. The Bertz CT molecular complexity index is 734. The van der Waals surface area contributed by atoms with E-state index in [9.17, 15) is 19.8 Å². The lowest BCUT2D eigenvalue weighted by Gasteiger charge is -2.09. The third kappa shape index (κ3) is 3.43. The molecule has 0 unspecified atom stereocenters. The Morgan fingerprint density at radius 2 is 1.64 bits per heavy atom. The van der Waals surface area contributed by atoms with Gasteiger partial charge in [0.25, 0.3) is 0 Å². The molecule has 2 aromatic carbocycles. The van der Waals surface area contributed by atoms with Crippen LogP contribution in [0.3, 0.4) is 0 Å². The van der Waals surface area contributed by atoms with Crippen LogP contribution in [-0.4, -0.2) is 27.3 Å². The van der Waals surface area contributed by atoms with Crippen LogP contribution in [0.2, 0.25) is 0 Å². The third-order valence-corrected chi connectivity index (χ3v) is 2.76. The highest BCUT2D eigenvalue weighted by Crippen LogP contribution is 2.31. The average molecular weight is 300 g/mol. The molecule has 0 amide bonds. The first-order chi connectivity index (χ1) is 10.5. The van der Waals surface area contributed by atoms with E-state index in [0.717, 1.165) is 0 Å². The standard InChI is InChI=1S/C16H12O6/c17-14-11(15(18)19)7-4-8-12(14)22-13(16(20)21)9-10-5-2-1-3-6-10/h1-9,17H,(H,18,19)(H,20,21)/b13-9-. The highest BCUT2D eigenvalue weighted by atomic mass is 16.5. The second-order valence-corrected chi connectivity index (χ2v) is 4.28. The highest BCUT2D eigenvalue weighted by Gasteiger charge is 2.17. The predicted octanol–water partition coefficient (Wildman–Crippen LogP) is 2.59. The summed E-state index contributed by atoms with van der Waals surface area (Å²) in [4.78, 5) is 22.2. The fourth-order valence-corrected chi connectivity index (χ4v) is 1.73. The van der Waals surface area contributed by atoms with Gasteiger partial charge in [0, 0.05) is 0 Å². The molecule has 0 aromatic heterocycles. The molecule has 0 saturated carbocycles. The summed E-state index contributed by atoms with van der Waals surface area (Å²) < 4.78 is 5.15. The van der Waals surface area contributed by atoms with Crippen molar-refractivity contribution in [1.29, 1.82) is 0 Å². The maximum atomic E-state index is 11.2. The second-order valence-electron chi connectivity index (χ2n) is 4.28. The Balaban J connectivity index is 2.38. The summed E-state index contributed by atoms with van der Waals surface area (Å²) in [5.74, 6) is -4.00. The van der Waals surface area contributed by atoms with Gasteiger partial charge in [-0.2, -0.15) is 0 Å². The summed E-state index contributed by atoms with van der Waals surface area (Å²) in [6.45, 7) is 0. The SMILES string of the molecule is O=C(O)/C(=C/c1ccccc1)Oc1cccc(C(=O)O)c1O.